The van der Waals surface area contributed by atoms with Gasteiger partial charge in [0, 0.05) is 57.5 Å². The van der Waals surface area contributed by atoms with E-state index in [0.29, 0.717) is 46.2 Å². The van der Waals surface area contributed by atoms with Crippen molar-refractivity contribution in [1.29, 1.82) is 0 Å². The molecule has 0 saturated heterocycles. The molecule has 6 rings (SSSR count). The number of halogens is 1. The zero-order valence-electron chi connectivity index (χ0n) is 24.6. The Morgan fingerprint density at radius 3 is 2.62 bits per heavy atom. The first-order valence-electron chi connectivity index (χ1n) is 14.4. The molecule has 0 spiro atoms. The van der Waals surface area contributed by atoms with Gasteiger partial charge in [-0.05, 0) is 78.1 Å². The van der Waals surface area contributed by atoms with Gasteiger partial charge in [0.15, 0.2) is 5.78 Å². The lowest BCUT2D eigenvalue weighted by molar-refractivity contribution is 0.101. The lowest BCUT2D eigenvalue weighted by Crippen LogP contribution is -2.42. The standard InChI is InChI=1S/C32H35ClN4O4S/c1-17(38)28-18(2)42-30-25(16-35(4)32(40)29(28)30)23-14-20(33)6-11-27(23)41-13-12-37-19(3)34-26-10-9-22(15-24(26)31(37)39)36(5)21-7-8-21/h6,11,14,16,21-22H,7-10,12-13,15H2,1-5H3/t22-/m1/s1. The average Bonchev–Trinajstić information content (AvgIpc) is 3.74. The van der Waals surface area contributed by atoms with Gasteiger partial charge in [-0.1, -0.05) is 11.6 Å². The molecule has 8 nitrogen and oxygen atoms in total. The van der Waals surface area contributed by atoms with Crippen molar-refractivity contribution in [2.24, 2.45) is 7.05 Å². The van der Waals surface area contributed by atoms with Crippen LogP contribution in [0, 0.1) is 13.8 Å². The first-order chi connectivity index (χ1) is 20.0. The molecular formula is C32H35ClN4O4S. The highest BCUT2D eigenvalue weighted by Crippen LogP contribution is 2.41. The quantitative estimate of drug-likeness (QED) is 0.252. The van der Waals surface area contributed by atoms with Gasteiger partial charge in [-0.3, -0.25) is 19.0 Å². The number of hydrogen-bond acceptors (Lipinski definition) is 7. The number of benzene rings is 1. The minimum Gasteiger partial charge on any atom is -0.491 e. The van der Waals surface area contributed by atoms with Crippen LogP contribution in [-0.2, 0) is 26.4 Å². The number of fused-ring (bicyclic) bond motifs is 2. The van der Waals surface area contributed by atoms with E-state index in [1.807, 2.05) is 19.9 Å². The van der Waals surface area contributed by atoms with Crippen molar-refractivity contribution in [3.63, 3.8) is 0 Å². The van der Waals surface area contributed by atoms with Crippen LogP contribution < -0.4 is 15.9 Å². The maximum absolute atomic E-state index is 13.6. The van der Waals surface area contributed by atoms with Crippen LogP contribution in [0.4, 0.5) is 0 Å². The Kier molecular flexibility index (Phi) is 7.62. The number of ketones is 1. The van der Waals surface area contributed by atoms with Gasteiger partial charge >= 0.3 is 0 Å². The Balaban J connectivity index is 1.30. The van der Waals surface area contributed by atoms with Crippen LogP contribution in [0.5, 0.6) is 5.75 Å². The number of carbonyl (C=O) groups is 1. The predicted octanol–water partition coefficient (Wildman–Crippen LogP) is 5.33. The number of carbonyl (C=O) groups excluding carboxylic acids is 1. The second-order valence-electron chi connectivity index (χ2n) is 11.6. The highest BCUT2D eigenvalue weighted by atomic mass is 35.5. The van der Waals surface area contributed by atoms with E-state index >= 15 is 0 Å². The largest absolute Gasteiger partial charge is 0.491 e. The molecule has 220 valence electrons. The lowest BCUT2D eigenvalue weighted by Gasteiger charge is -2.32. The molecule has 3 aromatic heterocycles. The molecule has 1 aromatic carbocycles. The Morgan fingerprint density at radius 1 is 1.14 bits per heavy atom. The summed E-state index contributed by atoms with van der Waals surface area (Å²) in [5.41, 5.74) is 3.52. The normalized spacial score (nSPS) is 16.7. The first kappa shape index (κ1) is 28.8. The summed E-state index contributed by atoms with van der Waals surface area (Å²) >= 11 is 7.86. The molecule has 0 bridgehead atoms. The highest BCUT2D eigenvalue weighted by molar-refractivity contribution is 7.20. The molecule has 0 radical (unpaired) electrons. The second-order valence-corrected chi connectivity index (χ2v) is 13.2. The summed E-state index contributed by atoms with van der Waals surface area (Å²) in [6.07, 6.45) is 6.86. The summed E-state index contributed by atoms with van der Waals surface area (Å²) in [7, 11) is 3.86. The van der Waals surface area contributed by atoms with Crippen LogP contribution in [0.1, 0.15) is 58.5 Å². The molecule has 0 amide bonds. The molecule has 1 saturated carbocycles. The number of Topliss-reactive ketones (excluding diaryl/α,β-unsaturated/α-hetero) is 1. The van der Waals surface area contributed by atoms with Crippen LogP contribution in [0.3, 0.4) is 0 Å². The van der Waals surface area contributed by atoms with Crippen molar-refractivity contribution in [2.75, 3.05) is 13.7 Å². The second kappa shape index (κ2) is 11.1. The van der Waals surface area contributed by atoms with Crippen LogP contribution in [-0.4, -0.2) is 50.5 Å². The first-order valence-corrected chi connectivity index (χ1v) is 15.6. The Morgan fingerprint density at radius 2 is 1.90 bits per heavy atom. The van der Waals surface area contributed by atoms with Crippen molar-refractivity contribution in [3.8, 4) is 16.9 Å². The maximum Gasteiger partial charge on any atom is 0.259 e. The summed E-state index contributed by atoms with van der Waals surface area (Å²) < 4.78 is 10.2. The Bertz CT molecular complexity index is 1850. The number of hydrogen-bond donors (Lipinski definition) is 0. The van der Waals surface area contributed by atoms with Crippen molar-refractivity contribution in [2.45, 2.75) is 71.5 Å². The van der Waals surface area contributed by atoms with E-state index < -0.39 is 0 Å². The van der Waals surface area contributed by atoms with E-state index in [-0.39, 0.29) is 23.5 Å². The van der Waals surface area contributed by atoms with Gasteiger partial charge in [0.1, 0.15) is 18.2 Å². The van der Waals surface area contributed by atoms with Crippen LogP contribution >= 0.6 is 22.9 Å². The van der Waals surface area contributed by atoms with Gasteiger partial charge in [-0.15, -0.1) is 11.3 Å². The average molecular weight is 607 g/mol. The van der Waals surface area contributed by atoms with E-state index in [1.54, 1.807) is 29.9 Å². The number of nitrogens with zero attached hydrogens (tertiary/aromatic N) is 4. The number of pyridine rings is 1. The molecule has 0 aliphatic heterocycles. The van der Waals surface area contributed by atoms with Crippen molar-refractivity contribution in [3.05, 3.63) is 77.6 Å². The minimum absolute atomic E-state index is 0.0249. The van der Waals surface area contributed by atoms with Crippen LogP contribution in [0.15, 0.2) is 34.0 Å². The molecule has 10 heteroatoms. The molecule has 2 aliphatic carbocycles. The van der Waals surface area contributed by atoms with Gasteiger partial charge in [0.25, 0.3) is 11.1 Å². The van der Waals surface area contributed by atoms with Gasteiger partial charge in [-0.2, -0.15) is 0 Å². The summed E-state index contributed by atoms with van der Waals surface area (Å²) in [6, 6.07) is 6.41. The lowest BCUT2D eigenvalue weighted by atomic mass is 9.91. The van der Waals surface area contributed by atoms with Crippen molar-refractivity contribution >= 4 is 38.8 Å². The Labute approximate surface area is 253 Å². The topological polar surface area (TPSA) is 86.4 Å². The molecule has 1 atom stereocenters. The minimum atomic E-state index is -0.215. The number of thiophene rings is 1. The van der Waals surface area contributed by atoms with Crippen LogP contribution in [0.2, 0.25) is 5.02 Å². The van der Waals surface area contributed by atoms with Gasteiger partial charge < -0.3 is 14.2 Å². The number of likely N-dealkylation sites (N-methyl/N-ethyl adjacent to an activating group) is 1. The van der Waals surface area contributed by atoms with Crippen molar-refractivity contribution in [1.82, 2.24) is 19.0 Å². The zero-order chi connectivity index (χ0) is 29.9. The number of aryl methyl sites for hydroxylation is 4. The zero-order valence-corrected chi connectivity index (χ0v) is 26.2. The highest BCUT2D eigenvalue weighted by Gasteiger charge is 2.34. The van der Waals surface area contributed by atoms with E-state index in [1.165, 1.54) is 35.7 Å². The van der Waals surface area contributed by atoms with Crippen molar-refractivity contribution < 1.29 is 9.53 Å². The van der Waals surface area contributed by atoms with E-state index in [4.69, 9.17) is 21.3 Å². The summed E-state index contributed by atoms with van der Waals surface area (Å²) in [4.78, 5) is 47.3. The third-order valence-corrected chi connectivity index (χ3v) is 10.1. The van der Waals surface area contributed by atoms with Crippen LogP contribution in [0.25, 0.3) is 21.2 Å². The predicted molar refractivity (Wildman–Crippen MR) is 168 cm³/mol. The third-order valence-electron chi connectivity index (χ3n) is 8.73. The molecule has 0 unspecified atom stereocenters. The number of rotatable bonds is 8. The molecule has 1 fully saturated rings. The molecule has 0 N–H and O–H groups in total. The SMILES string of the molecule is CC(=O)c1c(C)sc2c(-c3cc(Cl)ccc3OCCn3c(C)nc4c(c3=O)C[C@H](N(C)C3CC3)CC4)cn(C)c(=O)c12. The summed E-state index contributed by atoms with van der Waals surface area (Å²) in [5.74, 6) is 1.14. The third kappa shape index (κ3) is 5.12. The molecule has 2 aliphatic rings. The fraction of sp³-hybridized carbons (Fsp3) is 0.438. The fourth-order valence-corrected chi connectivity index (χ4v) is 7.72. The van der Waals surface area contributed by atoms with Gasteiger partial charge in [0.2, 0.25) is 0 Å². The fourth-order valence-electron chi connectivity index (χ4n) is 6.33. The maximum atomic E-state index is 13.6. The van der Waals surface area contributed by atoms with E-state index in [0.717, 1.165) is 51.2 Å². The Hall–Kier alpha value is -3.27. The summed E-state index contributed by atoms with van der Waals surface area (Å²) in [5, 5.41) is 0.944. The number of ether oxygens (including phenoxy) is 1. The summed E-state index contributed by atoms with van der Waals surface area (Å²) in [6.45, 7) is 5.83. The molecular weight excluding hydrogens is 572 g/mol. The smallest absolute Gasteiger partial charge is 0.259 e. The monoisotopic (exact) mass is 606 g/mol. The van der Waals surface area contributed by atoms with Gasteiger partial charge in [-0.25, -0.2) is 4.98 Å². The molecule has 3 heterocycles. The van der Waals surface area contributed by atoms with Gasteiger partial charge in [0.05, 0.1) is 22.3 Å². The van der Waals surface area contributed by atoms with E-state index in [9.17, 15) is 14.4 Å². The number of aromatic nitrogens is 3. The van der Waals surface area contributed by atoms with E-state index in [2.05, 4.69) is 11.9 Å². The molecule has 42 heavy (non-hydrogen) atoms. The molecule has 4 aromatic rings.